The Kier molecular flexibility index (Phi) is 4.55. The topological polar surface area (TPSA) is 53.8 Å². The van der Waals surface area contributed by atoms with Crippen LogP contribution in [0.3, 0.4) is 0 Å². The Morgan fingerprint density at radius 2 is 1.92 bits per heavy atom. The Morgan fingerprint density at radius 1 is 1.12 bits per heavy atom. The summed E-state index contributed by atoms with van der Waals surface area (Å²) in [5.41, 5.74) is 10.2. The Hall–Kier alpha value is -1.81. The van der Waals surface area contributed by atoms with Crippen molar-refractivity contribution in [3.63, 3.8) is 0 Å². The van der Waals surface area contributed by atoms with Crippen molar-refractivity contribution < 1.29 is 0 Å². The van der Waals surface area contributed by atoms with E-state index in [1.165, 1.54) is 23.8 Å². The molecule has 0 spiro atoms. The lowest BCUT2D eigenvalue weighted by atomic mass is 9.73. The number of para-hydroxylation sites is 1. The molecule has 4 N–H and O–H groups in total. The molecule has 2 unspecified atom stereocenters. The van der Waals surface area contributed by atoms with Gasteiger partial charge in [-0.15, -0.1) is 0 Å². The molecule has 0 aliphatic heterocycles. The fraction of sp³-hybridized carbons (Fsp3) is 0.333. The number of hydrogen-bond donors (Lipinski definition) is 3. The van der Waals surface area contributed by atoms with Crippen molar-refractivity contribution in [2.45, 2.75) is 43.8 Å². The fourth-order valence-electron chi connectivity index (χ4n) is 4.14. The first-order chi connectivity index (χ1) is 12.2. The van der Waals surface area contributed by atoms with Crippen LogP contribution >= 0.6 is 11.6 Å². The Labute approximate surface area is 153 Å². The van der Waals surface area contributed by atoms with E-state index in [0.717, 1.165) is 35.5 Å². The summed E-state index contributed by atoms with van der Waals surface area (Å²) in [6.45, 7) is 0.742. The van der Waals surface area contributed by atoms with Crippen molar-refractivity contribution >= 4 is 22.5 Å². The highest BCUT2D eigenvalue weighted by atomic mass is 35.5. The van der Waals surface area contributed by atoms with Gasteiger partial charge in [0.25, 0.3) is 0 Å². The molecule has 1 aliphatic rings. The highest BCUT2D eigenvalue weighted by molar-refractivity contribution is 6.31. The average molecular weight is 354 g/mol. The molecule has 1 fully saturated rings. The molecule has 1 saturated carbocycles. The summed E-state index contributed by atoms with van der Waals surface area (Å²) < 4.78 is 0. The zero-order chi connectivity index (χ0) is 17.3. The van der Waals surface area contributed by atoms with Gasteiger partial charge in [-0.1, -0.05) is 60.8 Å². The van der Waals surface area contributed by atoms with Crippen LogP contribution < -0.4 is 11.1 Å². The minimum absolute atomic E-state index is 0.233. The molecule has 4 rings (SSSR count). The van der Waals surface area contributed by atoms with Gasteiger partial charge in [0.2, 0.25) is 0 Å². The standard InChI is InChI=1S/C21H24ClN3/c22-18-9-3-1-7-15(18)13-25-20-11-5-6-12-21(20,23)17-14-24-19-10-4-2-8-16(17)19/h1-4,7-10,14,20,24-25H,5-6,11-13,23H2. The largest absolute Gasteiger partial charge is 0.361 e. The van der Waals surface area contributed by atoms with E-state index >= 15 is 0 Å². The van der Waals surface area contributed by atoms with E-state index < -0.39 is 0 Å². The first-order valence-corrected chi connectivity index (χ1v) is 9.38. The summed E-state index contributed by atoms with van der Waals surface area (Å²) in [7, 11) is 0. The lowest BCUT2D eigenvalue weighted by Gasteiger charge is -2.42. The molecule has 2 aromatic carbocycles. The number of H-pyrrole nitrogens is 1. The third kappa shape index (κ3) is 3.08. The summed E-state index contributed by atoms with van der Waals surface area (Å²) in [5.74, 6) is 0. The van der Waals surface area contributed by atoms with Crippen LogP contribution in [-0.4, -0.2) is 11.0 Å². The predicted octanol–water partition coefficient (Wildman–Crippen LogP) is 4.71. The van der Waals surface area contributed by atoms with Crippen molar-refractivity contribution in [3.8, 4) is 0 Å². The molecule has 1 heterocycles. The SMILES string of the molecule is NC1(c2c[nH]c3ccccc23)CCCCC1NCc1ccccc1Cl. The summed E-state index contributed by atoms with van der Waals surface area (Å²) in [6.07, 6.45) is 6.55. The number of nitrogens with two attached hydrogens (primary N) is 1. The number of benzene rings is 2. The van der Waals surface area contributed by atoms with Crippen LogP contribution in [0.5, 0.6) is 0 Å². The van der Waals surface area contributed by atoms with Gasteiger partial charge in [0.05, 0.1) is 5.54 Å². The highest BCUT2D eigenvalue weighted by Crippen LogP contribution is 2.38. The Balaban J connectivity index is 1.63. The van der Waals surface area contributed by atoms with E-state index in [1.54, 1.807) is 0 Å². The lowest BCUT2D eigenvalue weighted by Crippen LogP contribution is -2.56. The molecule has 3 nitrogen and oxygen atoms in total. The predicted molar refractivity (Wildman–Crippen MR) is 105 cm³/mol. The van der Waals surface area contributed by atoms with Crippen LogP contribution in [0.2, 0.25) is 5.02 Å². The van der Waals surface area contributed by atoms with Crippen molar-refractivity contribution in [2.75, 3.05) is 0 Å². The van der Waals surface area contributed by atoms with Gasteiger partial charge in [-0.05, 0) is 36.1 Å². The van der Waals surface area contributed by atoms with Gasteiger partial charge >= 0.3 is 0 Å². The molecule has 4 heteroatoms. The molecule has 3 aromatic rings. The zero-order valence-electron chi connectivity index (χ0n) is 14.3. The Morgan fingerprint density at radius 3 is 2.80 bits per heavy atom. The number of hydrogen-bond acceptors (Lipinski definition) is 2. The third-order valence-corrected chi connectivity index (χ3v) is 5.91. The van der Waals surface area contributed by atoms with E-state index in [2.05, 4.69) is 46.8 Å². The van der Waals surface area contributed by atoms with E-state index in [9.17, 15) is 0 Å². The third-order valence-electron chi connectivity index (χ3n) is 5.54. The molecule has 1 aromatic heterocycles. The first kappa shape index (κ1) is 16.6. The average Bonchev–Trinajstić information content (AvgIpc) is 3.07. The minimum atomic E-state index is -0.362. The first-order valence-electron chi connectivity index (χ1n) is 9.01. The van der Waals surface area contributed by atoms with Crippen LogP contribution in [0.15, 0.2) is 54.7 Å². The van der Waals surface area contributed by atoms with Crippen LogP contribution in [0, 0.1) is 0 Å². The molecule has 1 aliphatic carbocycles. The maximum atomic E-state index is 7.02. The molecule has 130 valence electrons. The second kappa shape index (κ2) is 6.83. The van der Waals surface area contributed by atoms with Crippen LogP contribution in [0.4, 0.5) is 0 Å². The number of rotatable bonds is 4. The summed E-state index contributed by atoms with van der Waals surface area (Å²) in [6, 6.07) is 16.6. The van der Waals surface area contributed by atoms with Gasteiger partial charge < -0.3 is 16.0 Å². The lowest BCUT2D eigenvalue weighted by molar-refractivity contribution is 0.217. The second-order valence-corrected chi connectivity index (χ2v) is 7.47. The molecular formula is C21H24ClN3. The van der Waals surface area contributed by atoms with Gasteiger partial charge in [-0.2, -0.15) is 0 Å². The quantitative estimate of drug-likeness (QED) is 0.636. The van der Waals surface area contributed by atoms with Crippen molar-refractivity contribution in [3.05, 3.63) is 70.9 Å². The minimum Gasteiger partial charge on any atom is -0.361 e. The van der Waals surface area contributed by atoms with Crippen molar-refractivity contribution in [1.82, 2.24) is 10.3 Å². The maximum absolute atomic E-state index is 7.02. The van der Waals surface area contributed by atoms with Gasteiger partial charge in [0, 0.05) is 34.7 Å². The van der Waals surface area contributed by atoms with Crippen LogP contribution in [-0.2, 0) is 12.1 Å². The smallest absolute Gasteiger partial charge is 0.0586 e. The van der Waals surface area contributed by atoms with Gasteiger partial charge in [-0.25, -0.2) is 0 Å². The van der Waals surface area contributed by atoms with E-state index in [4.69, 9.17) is 17.3 Å². The molecule has 0 radical (unpaired) electrons. The summed E-state index contributed by atoms with van der Waals surface area (Å²) in [5, 5.41) is 5.74. The van der Waals surface area contributed by atoms with Crippen molar-refractivity contribution in [1.29, 1.82) is 0 Å². The van der Waals surface area contributed by atoms with E-state index in [0.29, 0.717) is 0 Å². The molecule has 0 saturated heterocycles. The second-order valence-electron chi connectivity index (χ2n) is 7.06. The fourth-order valence-corrected chi connectivity index (χ4v) is 4.34. The number of aromatic nitrogens is 1. The summed E-state index contributed by atoms with van der Waals surface area (Å²) in [4.78, 5) is 3.39. The van der Waals surface area contributed by atoms with Crippen LogP contribution in [0.25, 0.3) is 10.9 Å². The number of fused-ring (bicyclic) bond motifs is 1. The molecular weight excluding hydrogens is 330 g/mol. The number of aromatic amines is 1. The zero-order valence-corrected chi connectivity index (χ0v) is 15.0. The highest BCUT2D eigenvalue weighted by Gasteiger charge is 2.40. The Bertz CT molecular complexity index is 872. The van der Waals surface area contributed by atoms with Crippen LogP contribution in [0.1, 0.15) is 36.8 Å². The molecule has 0 amide bonds. The molecule has 25 heavy (non-hydrogen) atoms. The van der Waals surface area contributed by atoms with Gasteiger partial charge in [0.1, 0.15) is 0 Å². The van der Waals surface area contributed by atoms with E-state index in [1.807, 2.05) is 18.2 Å². The van der Waals surface area contributed by atoms with Gasteiger partial charge in [0.15, 0.2) is 0 Å². The molecule has 0 bridgehead atoms. The molecule has 2 atom stereocenters. The van der Waals surface area contributed by atoms with E-state index in [-0.39, 0.29) is 11.6 Å². The number of nitrogens with one attached hydrogen (secondary N) is 2. The number of halogens is 1. The maximum Gasteiger partial charge on any atom is 0.0586 e. The van der Waals surface area contributed by atoms with Gasteiger partial charge in [-0.3, -0.25) is 0 Å². The summed E-state index contributed by atoms with van der Waals surface area (Å²) >= 11 is 6.31. The van der Waals surface area contributed by atoms with Crippen molar-refractivity contribution in [2.24, 2.45) is 5.73 Å². The monoisotopic (exact) mass is 353 g/mol. The normalized spacial score (nSPS) is 23.8.